The van der Waals surface area contributed by atoms with Gasteiger partial charge in [0.05, 0.1) is 24.6 Å². The van der Waals surface area contributed by atoms with Crippen LogP contribution in [0.2, 0.25) is 0 Å². The summed E-state index contributed by atoms with van der Waals surface area (Å²) in [5.74, 6) is 0.662. The number of carbonyl (C=O) groups excluding carboxylic acids is 1. The third kappa shape index (κ3) is 4.58. The summed E-state index contributed by atoms with van der Waals surface area (Å²) in [4.78, 5) is 24.0. The van der Waals surface area contributed by atoms with Crippen LogP contribution in [0, 0.1) is 6.92 Å². The van der Waals surface area contributed by atoms with E-state index in [4.69, 9.17) is 14.7 Å². The van der Waals surface area contributed by atoms with E-state index in [1.54, 1.807) is 0 Å². The van der Waals surface area contributed by atoms with Crippen molar-refractivity contribution in [1.29, 1.82) is 0 Å². The molecule has 3 heterocycles. The minimum absolute atomic E-state index is 0.220. The van der Waals surface area contributed by atoms with Gasteiger partial charge in [0.15, 0.2) is 5.82 Å². The topological polar surface area (TPSA) is 97.2 Å². The lowest BCUT2D eigenvalue weighted by atomic mass is 10.1. The van der Waals surface area contributed by atoms with E-state index >= 15 is 0 Å². The predicted molar refractivity (Wildman–Crippen MR) is 124 cm³/mol. The van der Waals surface area contributed by atoms with Crippen LogP contribution < -0.4 is 10.6 Å². The first-order valence-corrected chi connectivity index (χ1v) is 11.2. The maximum absolute atomic E-state index is 11.8. The van der Waals surface area contributed by atoms with Gasteiger partial charge in [-0.3, -0.25) is 9.58 Å². The SMILES string of the molecule is CCNC(=O)Nc1ccc(-c2nc(CN3CCOC[C@@H]3CC)c3c(n2)c(C)nn3C)cc1. The van der Waals surface area contributed by atoms with Gasteiger partial charge in [0.25, 0.3) is 0 Å². The van der Waals surface area contributed by atoms with Crippen molar-refractivity contribution in [2.45, 2.75) is 39.8 Å². The van der Waals surface area contributed by atoms with E-state index in [1.807, 2.05) is 49.8 Å². The number of urea groups is 1. The molecule has 1 aromatic carbocycles. The molecular weight excluding hydrogens is 406 g/mol. The Kier molecular flexibility index (Phi) is 6.66. The largest absolute Gasteiger partial charge is 0.378 e. The Morgan fingerprint density at radius 3 is 2.72 bits per heavy atom. The Bertz CT molecular complexity index is 1090. The number of hydrogen-bond donors (Lipinski definition) is 2. The number of morpholine rings is 1. The third-order valence-electron chi connectivity index (χ3n) is 5.83. The summed E-state index contributed by atoms with van der Waals surface area (Å²) >= 11 is 0. The average molecular weight is 438 g/mol. The second-order valence-electron chi connectivity index (χ2n) is 8.07. The van der Waals surface area contributed by atoms with Crippen LogP contribution in [0.4, 0.5) is 10.5 Å². The fraction of sp³-hybridized carbons (Fsp3) is 0.478. The molecule has 9 nitrogen and oxygen atoms in total. The summed E-state index contributed by atoms with van der Waals surface area (Å²) in [6.07, 6.45) is 1.03. The molecule has 0 aliphatic carbocycles. The van der Waals surface area contributed by atoms with E-state index in [-0.39, 0.29) is 6.03 Å². The van der Waals surface area contributed by atoms with Crippen molar-refractivity contribution < 1.29 is 9.53 Å². The van der Waals surface area contributed by atoms with Crippen LogP contribution in [-0.2, 0) is 18.3 Å². The highest BCUT2D eigenvalue weighted by Gasteiger charge is 2.24. The Balaban J connectivity index is 1.68. The average Bonchev–Trinajstić information content (AvgIpc) is 3.08. The summed E-state index contributed by atoms with van der Waals surface area (Å²) in [5.41, 5.74) is 5.32. The predicted octanol–water partition coefficient (Wildman–Crippen LogP) is 3.09. The highest BCUT2D eigenvalue weighted by molar-refractivity contribution is 5.89. The van der Waals surface area contributed by atoms with Crippen LogP contribution in [0.15, 0.2) is 24.3 Å². The molecule has 0 radical (unpaired) electrons. The standard InChI is InChI=1S/C23H31N7O2/c1-5-18-14-32-12-11-30(18)13-19-21-20(15(3)28-29(21)4)27-22(26-19)16-7-9-17(10-8-16)25-23(31)24-6-2/h7-10,18H,5-6,11-14H2,1-4H3,(H2,24,25,31)/t18-/m0/s1. The summed E-state index contributed by atoms with van der Waals surface area (Å²) in [7, 11) is 1.94. The zero-order valence-electron chi connectivity index (χ0n) is 19.2. The number of benzene rings is 1. The molecule has 2 amide bonds. The van der Waals surface area contributed by atoms with Gasteiger partial charge in [-0.1, -0.05) is 6.92 Å². The number of amides is 2. The number of aromatic nitrogens is 4. The molecule has 0 bridgehead atoms. The van der Waals surface area contributed by atoms with Gasteiger partial charge in [0.1, 0.15) is 11.0 Å². The molecule has 170 valence electrons. The normalized spacial score (nSPS) is 16.9. The first-order chi connectivity index (χ1) is 15.5. The van der Waals surface area contributed by atoms with Crippen LogP contribution >= 0.6 is 0 Å². The van der Waals surface area contributed by atoms with Crippen molar-refractivity contribution in [1.82, 2.24) is 30.0 Å². The van der Waals surface area contributed by atoms with Gasteiger partial charge in [0.2, 0.25) is 0 Å². The Labute approximate surface area is 188 Å². The lowest BCUT2D eigenvalue weighted by Gasteiger charge is -2.34. The van der Waals surface area contributed by atoms with Crippen LogP contribution in [-0.4, -0.2) is 63.0 Å². The number of aryl methyl sites for hydroxylation is 2. The maximum Gasteiger partial charge on any atom is 0.319 e. The van der Waals surface area contributed by atoms with Gasteiger partial charge in [0, 0.05) is 44.0 Å². The van der Waals surface area contributed by atoms with Crippen LogP contribution in [0.25, 0.3) is 22.4 Å². The zero-order valence-corrected chi connectivity index (χ0v) is 19.2. The Hall–Kier alpha value is -3.04. The van der Waals surface area contributed by atoms with Crippen LogP contribution in [0.1, 0.15) is 31.7 Å². The molecular formula is C23H31N7O2. The van der Waals surface area contributed by atoms with Crippen molar-refractivity contribution in [2.75, 3.05) is 31.6 Å². The zero-order chi connectivity index (χ0) is 22.7. The molecule has 0 unspecified atom stereocenters. The van der Waals surface area contributed by atoms with Gasteiger partial charge < -0.3 is 15.4 Å². The fourth-order valence-electron chi connectivity index (χ4n) is 4.16. The quantitative estimate of drug-likeness (QED) is 0.615. The Morgan fingerprint density at radius 1 is 1.22 bits per heavy atom. The Morgan fingerprint density at radius 2 is 2.00 bits per heavy atom. The van der Waals surface area contributed by atoms with E-state index in [1.165, 1.54) is 0 Å². The number of carbonyl (C=O) groups is 1. The summed E-state index contributed by atoms with van der Waals surface area (Å²) in [5, 5.41) is 10.1. The molecule has 1 saturated heterocycles. The monoisotopic (exact) mass is 437 g/mol. The van der Waals surface area contributed by atoms with Gasteiger partial charge in [-0.2, -0.15) is 5.10 Å². The highest BCUT2D eigenvalue weighted by atomic mass is 16.5. The summed E-state index contributed by atoms with van der Waals surface area (Å²) in [6, 6.07) is 7.75. The first kappa shape index (κ1) is 22.2. The van der Waals surface area contributed by atoms with E-state index < -0.39 is 0 Å². The molecule has 9 heteroatoms. The van der Waals surface area contributed by atoms with E-state index in [0.717, 1.165) is 66.4 Å². The first-order valence-electron chi connectivity index (χ1n) is 11.2. The summed E-state index contributed by atoms with van der Waals surface area (Å²) < 4.78 is 7.56. The summed E-state index contributed by atoms with van der Waals surface area (Å²) in [6.45, 7) is 9.73. The number of fused-ring (bicyclic) bond motifs is 1. The van der Waals surface area contributed by atoms with Gasteiger partial charge in [-0.15, -0.1) is 0 Å². The van der Waals surface area contributed by atoms with Crippen molar-refractivity contribution in [3.63, 3.8) is 0 Å². The molecule has 32 heavy (non-hydrogen) atoms. The number of nitrogens with one attached hydrogen (secondary N) is 2. The molecule has 3 aromatic rings. The molecule has 0 spiro atoms. The lowest BCUT2D eigenvalue weighted by Crippen LogP contribution is -2.44. The van der Waals surface area contributed by atoms with Gasteiger partial charge in [-0.25, -0.2) is 14.8 Å². The number of nitrogens with zero attached hydrogens (tertiary/aromatic N) is 5. The molecule has 4 rings (SSSR count). The smallest absolute Gasteiger partial charge is 0.319 e. The van der Waals surface area contributed by atoms with E-state index in [9.17, 15) is 4.79 Å². The minimum Gasteiger partial charge on any atom is -0.378 e. The van der Waals surface area contributed by atoms with Gasteiger partial charge in [-0.05, 0) is 44.5 Å². The molecule has 1 atom stereocenters. The number of anilines is 1. The molecule has 1 aliphatic heterocycles. The second kappa shape index (κ2) is 9.62. The van der Waals surface area contributed by atoms with Crippen molar-refractivity contribution in [3.8, 4) is 11.4 Å². The molecule has 0 saturated carbocycles. The molecule has 1 aliphatic rings. The van der Waals surface area contributed by atoms with E-state index in [2.05, 4.69) is 27.6 Å². The van der Waals surface area contributed by atoms with Crippen molar-refractivity contribution in [2.24, 2.45) is 7.05 Å². The van der Waals surface area contributed by atoms with E-state index in [0.29, 0.717) is 18.4 Å². The lowest BCUT2D eigenvalue weighted by molar-refractivity contribution is -0.0131. The molecule has 2 N–H and O–H groups in total. The van der Waals surface area contributed by atoms with Crippen LogP contribution in [0.5, 0.6) is 0 Å². The number of rotatable bonds is 6. The van der Waals surface area contributed by atoms with Crippen molar-refractivity contribution >= 4 is 22.8 Å². The molecule has 2 aromatic heterocycles. The number of ether oxygens (including phenoxy) is 1. The highest BCUT2D eigenvalue weighted by Crippen LogP contribution is 2.26. The van der Waals surface area contributed by atoms with Gasteiger partial charge >= 0.3 is 6.03 Å². The second-order valence-corrected chi connectivity index (χ2v) is 8.07. The molecule has 1 fully saturated rings. The van der Waals surface area contributed by atoms with Crippen LogP contribution in [0.3, 0.4) is 0 Å². The minimum atomic E-state index is -0.220. The number of hydrogen-bond acceptors (Lipinski definition) is 6. The maximum atomic E-state index is 11.8. The fourth-order valence-corrected chi connectivity index (χ4v) is 4.16. The third-order valence-corrected chi connectivity index (χ3v) is 5.83. The van der Waals surface area contributed by atoms with Crippen molar-refractivity contribution in [3.05, 3.63) is 35.7 Å².